The lowest BCUT2D eigenvalue weighted by atomic mass is 9.91. The van der Waals surface area contributed by atoms with Gasteiger partial charge in [-0.3, -0.25) is 14.4 Å². The molecule has 1 unspecified atom stereocenters. The van der Waals surface area contributed by atoms with E-state index in [0.29, 0.717) is 38.2 Å². The normalized spacial score (nSPS) is 16.5. The molecule has 2 aromatic carbocycles. The van der Waals surface area contributed by atoms with E-state index in [1.807, 2.05) is 24.0 Å². The molecule has 1 aromatic heterocycles. The third-order valence-electron chi connectivity index (χ3n) is 6.29. The SMILES string of the molecule is CCN1CCN(C(=O)c2ccc(=O)[nH]c2)CC(Cc2ccccc2-c2ccc(C)cc2)C1=O. The van der Waals surface area contributed by atoms with Crippen molar-refractivity contribution in [3.8, 4) is 11.1 Å². The summed E-state index contributed by atoms with van der Waals surface area (Å²) in [5.74, 6) is -0.437. The van der Waals surface area contributed by atoms with Gasteiger partial charge >= 0.3 is 0 Å². The van der Waals surface area contributed by atoms with Crippen molar-refractivity contribution < 1.29 is 9.59 Å². The van der Waals surface area contributed by atoms with Crippen LogP contribution in [-0.2, 0) is 11.2 Å². The Kier molecular flexibility index (Phi) is 6.73. The van der Waals surface area contributed by atoms with E-state index in [0.717, 1.165) is 16.7 Å². The van der Waals surface area contributed by atoms with Gasteiger partial charge in [-0.2, -0.15) is 0 Å². The van der Waals surface area contributed by atoms with E-state index in [9.17, 15) is 14.4 Å². The second-order valence-corrected chi connectivity index (χ2v) is 8.53. The maximum absolute atomic E-state index is 13.4. The standard InChI is InChI=1S/C27H29N3O3/c1-3-29-14-15-30(26(32)22-12-13-25(31)28-17-22)18-23(27(29)33)16-21-6-4-5-7-24(21)20-10-8-19(2)9-11-20/h4-13,17,23H,3,14-16,18H2,1-2H3,(H,28,31). The summed E-state index contributed by atoms with van der Waals surface area (Å²) in [5, 5.41) is 0. The Morgan fingerprint density at radius 3 is 2.45 bits per heavy atom. The zero-order valence-corrected chi connectivity index (χ0v) is 19.1. The van der Waals surface area contributed by atoms with Gasteiger partial charge in [0.2, 0.25) is 11.5 Å². The molecule has 0 aliphatic carbocycles. The third kappa shape index (κ3) is 5.06. The molecule has 0 spiro atoms. The number of benzene rings is 2. The molecule has 1 atom stereocenters. The minimum Gasteiger partial charge on any atom is -0.341 e. The van der Waals surface area contributed by atoms with Gasteiger partial charge in [0.05, 0.1) is 11.5 Å². The van der Waals surface area contributed by atoms with Crippen LogP contribution < -0.4 is 5.56 Å². The van der Waals surface area contributed by atoms with Gasteiger partial charge in [-0.15, -0.1) is 0 Å². The molecule has 2 amide bonds. The van der Waals surface area contributed by atoms with Gasteiger partial charge in [0.15, 0.2) is 0 Å². The van der Waals surface area contributed by atoms with E-state index < -0.39 is 0 Å². The van der Waals surface area contributed by atoms with Crippen molar-refractivity contribution in [2.75, 3.05) is 26.2 Å². The van der Waals surface area contributed by atoms with E-state index in [-0.39, 0.29) is 23.3 Å². The van der Waals surface area contributed by atoms with Gasteiger partial charge in [0, 0.05) is 38.4 Å². The van der Waals surface area contributed by atoms with E-state index in [4.69, 9.17) is 0 Å². The number of likely N-dealkylation sites (N-methyl/N-ethyl adjacent to an activating group) is 1. The first-order valence-corrected chi connectivity index (χ1v) is 11.4. The second-order valence-electron chi connectivity index (χ2n) is 8.53. The maximum atomic E-state index is 13.4. The summed E-state index contributed by atoms with van der Waals surface area (Å²) in [6.07, 6.45) is 1.99. The van der Waals surface area contributed by atoms with Gasteiger partial charge in [0.25, 0.3) is 5.91 Å². The monoisotopic (exact) mass is 443 g/mol. The van der Waals surface area contributed by atoms with E-state index >= 15 is 0 Å². The molecule has 4 rings (SSSR count). The second kappa shape index (κ2) is 9.86. The van der Waals surface area contributed by atoms with Crippen molar-refractivity contribution in [3.63, 3.8) is 0 Å². The van der Waals surface area contributed by atoms with Crippen molar-refractivity contribution in [3.05, 3.63) is 93.9 Å². The first kappa shape index (κ1) is 22.5. The highest BCUT2D eigenvalue weighted by atomic mass is 16.2. The Morgan fingerprint density at radius 1 is 1.00 bits per heavy atom. The first-order valence-electron chi connectivity index (χ1n) is 11.4. The average Bonchev–Trinajstić information content (AvgIpc) is 2.99. The Bertz CT molecular complexity index is 1180. The molecule has 0 radical (unpaired) electrons. The summed E-state index contributed by atoms with van der Waals surface area (Å²) in [4.78, 5) is 44.0. The lowest BCUT2D eigenvalue weighted by molar-refractivity contribution is -0.134. The summed E-state index contributed by atoms with van der Waals surface area (Å²) in [6, 6.07) is 19.4. The number of H-pyrrole nitrogens is 1. The molecule has 1 fully saturated rings. The summed E-state index contributed by atoms with van der Waals surface area (Å²) < 4.78 is 0. The van der Waals surface area contributed by atoms with E-state index in [1.165, 1.54) is 23.9 Å². The Labute approximate surface area is 193 Å². The fourth-order valence-corrected chi connectivity index (χ4v) is 4.40. The van der Waals surface area contributed by atoms with Crippen molar-refractivity contribution in [1.82, 2.24) is 14.8 Å². The minimum atomic E-state index is -0.342. The fourth-order valence-electron chi connectivity index (χ4n) is 4.40. The van der Waals surface area contributed by atoms with Gasteiger partial charge in [-0.1, -0.05) is 54.1 Å². The predicted molar refractivity (Wildman–Crippen MR) is 129 cm³/mol. The number of nitrogens with one attached hydrogen (secondary N) is 1. The van der Waals surface area contributed by atoms with Gasteiger partial charge in [-0.25, -0.2) is 0 Å². The highest BCUT2D eigenvalue weighted by molar-refractivity contribution is 5.94. The summed E-state index contributed by atoms with van der Waals surface area (Å²) in [5.41, 5.74) is 4.69. The van der Waals surface area contributed by atoms with E-state index in [2.05, 4.69) is 48.3 Å². The molecule has 0 saturated carbocycles. The number of carbonyl (C=O) groups is 2. The quantitative estimate of drug-likeness (QED) is 0.656. The van der Waals surface area contributed by atoms with Crippen LogP contribution in [0.3, 0.4) is 0 Å². The zero-order valence-electron chi connectivity index (χ0n) is 19.1. The van der Waals surface area contributed by atoms with Gasteiger partial charge in [-0.05, 0) is 43.0 Å². The summed E-state index contributed by atoms with van der Waals surface area (Å²) >= 11 is 0. The van der Waals surface area contributed by atoms with Crippen LogP contribution in [-0.4, -0.2) is 52.8 Å². The van der Waals surface area contributed by atoms with Crippen molar-refractivity contribution >= 4 is 11.8 Å². The van der Waals surface area contributed by atoms with Crippen LogP contribution in [0.5, 0.6) is 0 Å². The number of aryl methyl sites for hydroxylation is 1. The Morgan fingerprint density at radius 2 is 1.76 bits per heavy atom. The summed E-state index contributed by atoms with van der Waals surface area (Å²) in [7, 11) is 0. The minimum absolute atomic E-state index is 0.0768. The van der Waals surface area contributed by atoms with Crippen LogP contribution in [0.4, 0.5) is 0 Å². The Balaban J connectivity index is 1.63. The lowest BCUT2D eigenvalue weighted by Crippen LogP contribution is -2.38. The smallest absolute Gasteiger partial charge is 0.255 e. The molecule has 6 heteroatoms. The number of rotatable bonds is 5. The number of aromatic amines is 1. The van der Waals surface area contributed by atoms with Crippen LogP contribution in [0.2, 0.25) is 0 Å². The average molecular weight is 444 g/mol. The van der Waals surface area contributed by atoms with Crippen LogP contribution >= 0.6 is 0 Å². The number of nitrogens with zero attached hydrogens (tertiary/aromatic N) is 2. The molecule has 1 saturated heterocycles. The molecule has 3 aromatic rings. The number of amides is 2. The fraction of sp³-hybridized carbons (Fsp3) is 0.296. The Hall–Kier alpha value is -3.67. The van der Waals surface area contributed by atoms with Crippen LogP contribution in [0.15, 0.2) is 71.7 Å². The summed E-state index contributed by atoms with van der Waals surface area (Å²) in [6.45, 7) is 5.95. The van der Waals surface area contributed by atoms with Gasteiger partial charge in [0.1, 0.15) is 0 Å². The largest absolute Gasteiger partial charge is 0.341 e. The third-order valence-corrected chi connectivity index (χ3v) is 6.29. The molecule has 1 aliphatic rings. The maximum Gasteiger partial charge on any atom is 0.255 e. The van der Waals surface area contributed by atoms with E-state index in [1.54, 1.807) is 4.90 Å². The first-order chi connectivity index (χ1) is 16.0. The van der Waals surface area contributed by atoms with Gasteiger partial charge < -0.3 is 14.8 Å². The molecular weight excluding hydrogens is 414 g/mol. The van der Waals surface area contributed by atoms with Crippen LogP contribution in [0, 0.1) is 12.8 Å². The number of aromatic nitrogens is 1. The molecule has 33 heavy (non-hydrogen) atoms. The zero-order chi connectivity index (χ0) is 23.4. The molecule has 2 heterocycles. The highest BCUT2D eigenvalue weighted by Crippen LogP contribution is 2.28. The number of pyridine rings is 1. The highest BCUT2D eigenvalue weighted by Gasteiger charge is 2.32. The number of hydrogen-bond acceptors (Lipinski definition) is 3. The molecule has 170 valence electrons. The lowest BCUT2D eigenvalue weighted by Gasteiger charge is -2.24. The molecule has 1 aliphatic heterocycles. The van der Waals surface area contributed by atoms with Crippen molar-refractivity contribution in [2.24, 2.45) is 5.92 Å². The van der Waals surface area contributed by atoms with Crippen LogP contribution in [0.25, 0.3) is 11.1 Å². The predicted octanol–water partition coefficient (Wildman–Crippen LogP) is 3.51. The topological polar surface area (TPSA) is 73.5 Å². The van der Waals surface area contributed by atoms with Crippen LogP contribution in [0.1, 0.15) is 28.4 Å². The molecular formula is C27H29N3O3. The number of hydrogen-bond donors (Lipinski definition) is 1. The molecule has 0 bridgehead atoms. The molecule has 1 N–H and O–H groups in total. The van der Waals surface area contributed by atoms with Crippen molar-refractivity contribution in [1.29, 1.82) is 0 Å². The van der Waals surface area contributed by atoms with Crippen molar-refractivity contribution in [2.45, 2.75) is 20.3 Å². The number of carbonyl (C=O) groups excluding carboxylic acids is 2. The molecule has 6 nitrogen and oxygen atoms in total.